The van der Waals surface area contributed by atoms with E-state index in [1.54, 1.807) is 24.3 Å². The van der Waals surface area contributed by atoms with E-state index in [4.69, 9.17) is 0 Å². The summed E-state index contributed by atoms with van der Waals surface area (Å²) in [6, 6.07) is 6.26. The zero-order valence-corrected chi connectivity index (χ0v) is 13.0. The molecule has 1 aromatic rings. The first kappa shape index (κ1) is 15.9. The molecule has 1 fully saturated rings. The summed E-state index contributed by atoms with van der Waals surface area (Å²) in [5, 5.41) is 9.18. The van der Waals surface area contributed by atoms with Gasteiger partial charge in [0.25, 0.3) is 0 Å². The van der Waals surface area contributed by atoms with E-state index in [1.165, 1.54) is 6.26 Å². The van der Waals surface area contributed by atoms with Crippen molar-refractivity contribution in [3.63, 3.8) is 0 Å². The van der Waals surface area contributed by atoms with Crippen molar-refractivity contribution in [3.8, 4) is 0 Å². The molecule has 2 rings (SSSR count). The molecule has 1 heterocycles. The van der Waals surface area contributed by atoms with Gasteiger partial charge in [-0.25, -0.2) is 8.42 Å². The number of hydrogen-bond donors (Lipinski definition) is 1. The van der Waals surface area contributed by atoms with E-state index in [0.717, 1.165) is 12.1 Å². The van der Waals surface area contributed by atoms with Crippen LogP contribution in [-0.2, 0) is 21.2 Å². The second-order valence-electron chi connectivity index (χ2n) is 5.49. The molecule has 1 aromatic carbocycles. The highest BCUT2D eigenvalue weighted by Gasteiger charge is 2.29. The van der Waals surface area contributed by atoms with Crippen LogP contribution in [0.3, 0.4) is 0 Å². The van der Waals surface area contributed by atoms with E-state index in [9.17, 15) is 18.3 Å². The number of likely N-dealkylation sites (N-methyl/N-ethyl adjacent to an activating group) is 1. The van der Waals surface area contributed by atoms with Gasteiger partial charge in [0, 0.05) is 32.4 Å². The summed E-state index contributed by atoms with van der Waals surface area (Å²) in [7, 11) is -1.36. The van der Waals surface area contributed by atoms with E-state index in [0.29, 0.717) is 24.5 Å². The van der Waals surface area contributed by atoms with E-state index in [2.05, 4.69) is 4.90 Å². The Labute approximate surface area is 124 Å². The van der Waals surface area contributed by atoms with Crippen LogP contribution in [-0.4, -0.2) is 68.3 Å². The second-order valence-corrected chi connectivity index (χ2v) is 7.50. The molecule has 21 heavy (non-hydrogen) atoms. The van der Waals surface area contributed by atoms with Crippen LogP contribution < -0.4 is 0 Å². The van der Waals surface area contributed by atoms with Crippen molar-refractivity contribution in [1.29, 1.82) is 0 Å². The quantitative estimate of drug-likeness (QED) is 0.861. The van der Waals surface area contributed by atoms with E-state index >= 15 is 0 Å². The molecule has 0 spiro atoms. The van der Waals surface area contributed by atoms with Gasteiger partial charge in [-0.3, -0.25) is 14.6 Å². The van der Waals surface area contributed by atoms with Crippen LogP contribution in [0.1, 0.15) is 5.56 Å². The maximum Gasteiger partial charge on any atom is 0.322 e. The van der Waals surface area contributed by atoms with Crippen LogP contribution in [0.5, 0.6) is 0 Å². The Morgan fingerprint density at radius 2 is 1.90 bits per heavy atom. The number of nitrogens with zero attached hydrogens (tertiary/aromatic N) is 2. The van der Waals surface area contributed by atoms with Crippen molar-refractivity contribution >= 4 is 15.8 Å². The van der Waals surface area contributed by atoms with E-state index < -0.39 is 21.8 Å². The fraction of sp³-hybridized carbons (Fsp3) is 0.500. The fourth-order valence-electron chi connectivity index (χ4n) is 2.44. The molecular formula is C14H20N2O4S. The average Bonchev–Trinajstić information content (AvgIpc) is 2.40. The van der Waals surface area contributed by atoms with Gasteiger partial charge in [0.2, 0.25) is 0 Å². The predicted octanol–water partition coefficient (Wildman–Crippen LogP) is 0.291. The maximum absolute atomic E-state index is 11.4. The van der Waals surface area contributed by atoms with Crippen molar-refractivity contribution in [1.82, 2.24) is 9.80 Å². The van der Waals surface area contributed by atoms with Crippen LogP contribution in [0.15, 0.2) is 29.2 Å². The molecule has 1 unspecified atom stereocenters. The lowest BCUT2D eigenvalue weighted by atomic mass is 10.1. The van der Waals surface area contributed by atoms with Gasteiger partial charge in [0.15, 0.2) is 9.84 Å². The summed E-state index contributed by atoms with van der Waals surface area (Å²) in [5.74, 6) is -0.811. The van der Waals surface area contributed by atoms with E-state index in [-0.39, 0.29) is 0 Å². The molecule has 1 saturated heterocycles. The molecule has 0 amide bonds. The summed E-state index contributed by atoms with van der Waals surface area (Å²) in [6.07, 6.45) is 1.18. The third-order valence-corrected chi connectivity index (χ3v) is 4.90. The number of piperazine rings is 1. The van der Waals surface area contributed by atoms with Gasteiger partial charge in [0.05, 0.1) is 4.90 Å². The number of hydrogen-bond acceptors (Lipinski definition) is 5. The second kappa shape index (κ2) is 6.13. The highest BCUT2D eigenvalue weighted by atomic mass is 32.2. The van der Waals surface area contributed by atoms with Gasteiger partial charge >= 0.3 is 5.97 Å². The fourth-order valence-corrected chi connectivity index (χ4v) is 3.07. The SMILES string of the molecule is CN1CCN(Cc2ccc(S(C)(=O)=O)cc2)CC1C(=O)O. The first-order valence-corrected chi connectivity index (χ1v) is 8.61. The summed E-state index contributed by atoms with van der Waals surface area (Å²) in [5.41, 5.74) is 0.982. The third kappa shape index (κ3) is 4.03. The molecule has 7 heteroatoms. The van der Waals surface area contributed by atoms with Gasteiger partial charge in [0.1, 0.15) is 6.04 Å². The van der Waals surface area contributed by atoms with Crippen molar-refractivity contribution in [2.75, 3.05) is 32.9 Å². The molecule has 0 aliphatic carbocycles. The molecule has 1 N–H and O–H groups in total. The van der Waals surface area contributed by atoms with Gasteiger partial charge in [-0.1, -0.05) is 12.1 Å². The summed E-state index contributed by atoms with van der Waals surface area (Å²) < 4.78 is 22.8. The Bertz CT molecular complexity index is 612. The van der Waals surface area contributed by atoms with Crippen molar-refractivity contribution in [3.05, 3.63) is 29.8 Å². The topological polar surface area (TPSA) is 77.9 Å². The van der Waals surface area contributed by atoms with Crippen molar-refractivity contribution in [2.45, 2.75) is 17.5 Å². The Kier molecular flexibility index (Phi) is 4.65. The minimum Gasteiger partial charge on any atom is -0.480 e. The summed E-state index contributed by atoms with van der Waals surface area (Å²) in [6.45, 7) is 2.60. The molecule has 1 aliphatic heterocycles. The monoisotopic (exact) mass is 312 g/mol. The minimum absolute atomic E-state index is 0.299. The molecule has 1 atom stereocenters. The Balaban J connectivity index is 2.03. The number of rotatable bonds is 4. The number of benzene rings is 1. The lowest BCUT2D eigenvalue weighted by Crippen LogP contribution is -2.54. The zero-order chi connectivity index (χ0) is 15.6. The molecule has 0 radical (unpaired) electrons. The predicted molar refractivity (Wildman–Crippen MR) is 78.9 cm³/mol. The number of carboxylic acid groups (broad SMARTS) is 1. The highest BCUT2D eigenvalue weighted by molar-refractivity contribution is 7.90. The highest BCUT2D eigenvalue weighted by Crippen LogP contribution is 2.15. The van der Waals surface area contributed by atoms with Crippen LogP contribution in [0.25, 0.3) is 0 Å². The normalized spacial score (nSPS) is 21.3. The first-order chi connectivity index (χ1) is 9.77. The molecule has 0 saturated carbocycles. The van der Waals surface area contributed by atoms with Gasteiger partial charge < -0.3 is 5.11 Å². The number of carboxylic acids is 1. The largest absolute Gasteiger partial charge is 0.480 e. The average molecular weight is 312 g/mol. The van der Waals surface area contributed by atoms with Gasteiger partial charge in [-0.05, 0) is 24.7 Å². The van der Waals surface area contributed by atoms with Gasteiger partial charge in [-0.15, -0.1) is 0 Å². The number of carbonyl (C=O) groups is 1. The molecule has 0 aromatic heterocycles. The van der Waals surface area contributed by atoms with Gasteiger partial charge in [-0.2, -0.15) is 0 Å². The van der Waals surface area contributed by atoms with Crippen LogP contribution in [0.4, 0.5) is 0 Å². The molecule has 116 valence electrons. The number of aliphatic carboxylic acids is 1. The van der Waals surface area contributed by atoms with Crippen LogP contribution in [0.2, 0.25) is 0 Å². The van der Waals surface area contributed by atoms with E-state index in [1.807, 2.05) is 11.9 Å². The third-order valence-electron chi connectivity index (χ3n) is 3.77. The number of sulfone groups is 1. The smallest absolute Gasteiger partial charge is 0.322 e. The zero-order valence-electron chi connectivity index (χ0n) is 12.2. The maximum atomic E-state index is 11.4. The Morgan fingerprint density at radius 1 is 1.29 bits per heavy atom. The summed E-state index contributed by atoms with van der Waals surface area (Å²) in [4.78, 5) is 15.4. The lowest BCUT2D eigenvalue weighted by Gasteiger charge is -2.37. The lowest BCUT2D eigenvalue weighted by molar-refractivity contribution is -0.145. The molecular weight excluding hydrogens is 292 g/mol. The Hall–Kier alpha value is -1.44. The van der Waals surface area contributed by atoms with Crippen molar-refractivity contribution in [2.24, 2.45) is 0 Å². The first-order valence-electron chi connectivity index (χ1n) is 6.72. The summed E-state index contributed by atoms with van der Waals surface area (Å²) >= 11 is 0. The van der Waals surface area contributed by atoms with Crippen LogP contribution in [0, 0.1) is 0 Å². The standard InChI is InChI=1S/C14H20N2O4S/c1-15-7-8-16(10-13(15)14(17)18)9-11-3-5-12(6-4-11)21(2,19)20/h3-6,13H,7-10H2,1-2H3,(H,17,18). The van der Waals surface area contributed by atoms with Crippen molar-refractivity contribution < 1.29 is 18.3 Å². The Morgan fingerprint density at radius 3 is 2.43 bits per heavy atom. The van der Waals surface area contributed by atoms with Crippen LogP contribution >= 0.6 is 0 Å². The minimum atomic E-state index is -3.18. The molecule has 1 aliphatic rings. The molecule has 6 nitrogen and oxygen atoms in total. The molecule has 0 bridgehead atoms.